The number of fused-ring (bicyclic) bond motifs is 1. The van der Waals surface area contributed by atoms with Crippen molar-refractivity contribution in [3.63, 3.8) is 0 Å². The molecule has 0 aliphatic rings. The van der Waals surface area contributed by atoms with Crippen LogP contribution in [0.5, 0.6) is 0 Å². The van der Waals surface area contributed by atoms with Crippen molar-refractivity contribution in [2.45, 2.75) is 6.61 Å². The van der Waals surface area contributed by atoms with Crippen molar-refractivity contribution in [3.8, 4) is 11.1 Å². The summed E-state index contributed by atoms with van der Waals surface area (Å²) in [5.41, 5.74) is 2.55. The molecule has 0 bridgehead atoms. The van der Waals surface area contributed by atoms with Gasteiger partial charge in [0.25, 0.3) is 5.56 Å². The number of benzene rings is 2. The molecule has 2 aromatic heterocycles. The summed E-state index contributed by atoms with van der Waals surface area (Å²) in [6.07, 6.45) is 1.58. The summed E-state index contributed by atoms with van der Waals surface area (Å²) in [5, 5.41) is 0.628. The molecule has 2 heterocycles. The predicted octanol–water partition coefficient (Wildman–Crippen LogP) is 3.96. The molecule has 0 radical (unpaired) electrons. The minimum Gasteiger partial charge on any atom is -0.456 e. The number of rotatable bonds is 4. The fraction of sp³-hybridized carbons (Fsp3) is 0.0870. The van der Waals surface area contributed by atoms with Gasteiger partial charge in [0.2, 0.25) is 0 Å². The van der Waals surface area contributed by atoms with Gasteiger partial charge >= 0.3 is 5.97 Å². The van der Waals surface area contributed by atoms with Crippen LogP contribution in [0.25, 0.3) is 22.0 Å². The van der Waals surface area contributed by atoms with Gasteiger partial charge in [-0.15, -0.1) is 0 Å². The smallest absolute Gasteiger partial charge is 0.356 e. The lowest BCUT2D eigenvalue weighted by molar-refractivity contribution is 0.0461. The number of carbonyl (C=O) groups is 1. The van der Waals surface area contributed by atoms with Gasteiger partial charge in [-0.3, -0.25) is 9.78 Å². The molecule has 0 spiro atoms. The van der Waals surface area contributed by atoms with E-state index in [1.807, 2.05) is 60.7 Å². The fourth-order valence-electron chi connectivity index (χ4n) is 3.26. The summed E-state index contributed by atoms with van der Waals surface area (Å²) < 4.78 is 6.87. The number of esters is 1. The number of aromatic nitrogens is 2. The van der Waals surface area contributed by atoms with E-state index in [1.165, 1.54) is 4.57 Å². The lowest BCUT2D eigenvalue weighted by Gasteiger charge is -2.16. The van der Waals surface area contributed by atoms with E-state index < -0.39 is 5.97 Å². The molecule has 0 atom stereocenters. The third-order valence-corrected chi connectivity index (χ3v) is 4.63. The van der Waals surface area contributed by atoms with Crippen LogP contribution in [-0.2, 0) is 18.4 Å². The van der Waals surface area contributed by atoms with Gasteiger partial charge in [-0.1, -0.05) is 66.7 Å². The average molecular weight is 370 g/mol. The molecule has 138 valence electrons. The van der Waals surface area contributed by atoms with Crippen LogP contribution in [-0.4, -0.2) is 15.5 Å². The van der Waals surface area contributed by atoms with Crippen LogP contribution in [0.4, 0.5) is 0 Å². The van der Waals surface area contributed by atoms with Crippen LogP contribution < -0.4 is 5.56 Å². The Morgan fingerprint density at radius 2 is 1.64 bits per heavy atom. The summed E-state index contributed by atoms with van der Waals surface area (Å²) >= 11 is 0. The molecule has 5 nitrogen and oxygen atoms in total. The summed E-state index contributed by atoms with van der Waals surface area (Å²) in [4.78, 5) is 30.1. The van der Waals surface area contributed by atoms with E-state index in [2.05, 4.69) is 4.98 Å². The first-order valence-electron chi connectivity index (χ1n) is 8.91. The molecule has 0 saturated heterocycles. The SMILES string of the molecule is Cn1c(C(=O)OCc2ccccc2)c(-c2ccccc2)c2cccnc2c1=O. The summed E-state index contributed by atoms with van der Waals surface area (Å²) in [7, 11) is 1.57. The van der Waals surface area contributed by atoms with E-state index in [1.54, 1.807) is 25.4 Å². The Morgan fingerprint density at radius 1 is 0.964 bits per heavy atom. The monoisotopic (exact) mass is 370 g/mol. The minimum atomic E-state index is -0.548. The second-order valence-corrected chi connectivity index (χ2v) is 6.42. The number of carbonyl (C=O) groups excluding carboxylic acids is 1. The van der Waals surface area contributed by atoms with E-state index in [9.17, 15) is 9.59 Å². The van der Waals surface area contributed by atoms with Crippen LogP contribution >= 0.6 is 0 Å². The largest absolute Gasteiger partial charge is 0.456 e. The Bertz CT molecular complexity index is 1200. The first kappa shape index (κ1) is 17.7. The molecular formula is C23H18N2O3. The molecule has 0 amide bonds. The lowest BCUT2D eigenvalue weighted by Crippen LogP contribution is -2.26. The molecule has 0 fully saturated rings. The summed E-state index contributed by atoms with van der Waals surface area (Å²) in [6.45, 7) is 0.132. The van der Waals surface area contributed by atoms with Crippen LogP contribution in [0.3, 0.4) is 0 Å². The third kappa shape index (κ3) is 3.18. The number of nitrogens with zero attached hydrogens (tertiary/aromatic N) is 2. The molecule has 2 aromatic carbocycles. The number of pyridine rings is 2. The zero-order chi connectivity index (χ0) is 19.5. The Hall–Kier alpha value is -3.73. The van der Waals surface area contributed by atoms with Crippen molar-refractivity contribution in [2.24, 2.45) is 7.05 Å². The zero-order valence-corrected chi connectivity index (χ0v) is 15.3. The fourth-order valence-corrected chi connectivity index (χ4v) is 3.26. The second kappa shape index (κ2) is 7.48. The minimum absolute atomic E-state index is 0.132. The van der Waals surface area contributed by atoms with Crippen molar-refractivity contribution in [2.75, 3.05) is 0 Å². The molecule has 5 heteroatoms. The van der Waals surface area contributed by atoms with Gasteiger partial charge in [0, 0.05) is 24.2 Å². The lowest BCUT2D eigenvalue weighted by atomic mass is 9.98. The normalized spacial score (nSPS) is 10.8. The maximum absolute atomic E-state index is 13.0. The van der Waals surface area contributed by atoms with E-state index in [0.29, 0.717) is 16.5 Å². The Kier molecular flexibility index (Phi) is 4.72. The van der Waals surface area contributed by atoms with Crippen molar-refractivity contribution in [3.05, 3.63) is 101 Å². The van der Waals surface area contributed by atoms with Crippen LogP contribution in [0.1, 0.15) is 16.1 Å². The van der Waals surface area contributed by atoms with Gasteiger partial charge in [-0.05, 0) is 17.2 Å². The average Bonchev–Trinajstić information content (AvgIpc) is 2.75. The van der Waals surface area contributed by atoms with Crippen molar-refractivity contribution >= 4 is 16.9 Å². The number of ether oxygens (including phenoxy) is 1. The highest BCUT2D eigenvalue weighted by Gasteiger charge is 2.23. The summed E-state index contributed by atoms with van der Waals surface area (Å²) in [5.74, 6) is -0.548. The van der Waals surface area contributed by atoms with Crippen molar-refractivity contribution in [1.29, 1.82) is 0 Å². The van der Waals surface area contributed by atoms with E-state index in [0.717, 1.165) is 11.1 Å². The molecule has 0 aliphatic carbocycles. The molecule has 0 N–H and O–H groups in total. The van der Waals surface area contributed by atoms with Crippen LogP contribution in [0, 0.1) is 0 Å². The van der Waals surface area contributed by atoms with E-state index in [-0.39, 0.29) is 17.9 Å². The van der Waals surface area contributed by atoms with Gasteiger partial charge in [0.05, 0.1) is 0 Å². The highest BCUT2D eigenvalue weighted by Crippen LogP contribution is 2.30. The zero-order valence-electron chi connectivity index (χ0n) is 15.3. The number of hydrogen-bond acceptors (Lipinski definition) is 4. The van der Waals surface area contributed by atoms with Crippen LogP contribution in [0.2, 0.25) is 0 Å². The van der Waals surface area contributed by atoms with E-state index in [4.69, 9.17) is 4.74 Å². The molecule has 28 heavy (non-hydrogen) atoms. The van der Waals surface area contributed by atoms with E-state index >= 15 is 0 Å². The maximum Gasteiger partial charge on any atom is 0.356 e. The predicted molar refractivity (Wildman–Crippen MR) is 108 cm³/mol. The van der Waals surface area contributed by atoms with Gasteiger partial charge in [0.15, 0.2) is 0 Å². The standard InChI is InChI=1S/C23H18N2O3/c1-25-21(23(27)28-15-16-9-4-2-5-10-16)19(17-11-6-3-7-12-17)18-13-8-14-24-20(18)22(25)26/h2-14H,15H2,1H3. The Labute approximate surface area is 161 Å². The quantitative estimate of drug-likeness (QED) is 0.510. The molecule has 0 saturated carbocycles. The molecule has 4 rings (SSSR count). The highest BCUT2D eigenvalue weighted by molar-refractivity contribution is 6.05. The van der Waals surface area contributed by atoms with Gasteiger partial charge < -0.3 is 9.30 Å². The molecule has 0 aliphatic heterocycles. The first-order chi connectivity index (χ1) is 13.7. The maximum atomic E-state index is 13.0. The Balaban J connectivity index is 1.88. The van der Waals surface area contributed by atoms with Gasteiger partial charge in [0.1, 0.15) is 17.8 Å². The molecular weight excluding hydrogens is 352 g/mol. The first-order valence-corrected chi connectivity index (χ1v) is 8.91. The second-order valence-electron chi connectivity index (χ2n) is 6.42. The Morgan fingerprint density at radius 3 is 2.36 bits per heavy atom. The third-order valence-electron chi connectivity index (χ3n) is 4.63. The topological polar surface area (TPSA) is 61.2 Å². The molecule has 4 aromatic rings. The van der Waals surface area contributed by atoms with Crippen molar-refractivity contribution in [1.82, 2.24) is 9.55 Å². The van der Waals surface area contributed by atoms with Crippen LogP contribution in [0.15, 0.2) is 83.8 Å². The highest BCUT2D eigenvalue weighted by atomic mass is 16.5. The summed E-state index contributed by atoms with van der Waals surface area (Å²) in [6, 6.07) is 22.5. The van der Waals surface area contributed by atoms with Crippen molar-refractivity contribution < 1.29 is 9.53 Å². The molecule has 0 unspecified atom stereocenters. The van der Waals surface area contributed by atoms with Gasteiger partial charge in [-0.25, -0.2) is 4.79 Å². The number of hydrogen-bond donors (Lipinski definition) is 0. The van der Waals surface area contributed by atoms with Gasteiger partial charge in [-0.2, -0.15) is 0 Å².